The van der Waals surface area contributed by atoms with Crippen molar-refractivity contribution in [2.75, 3.05) is 26.3 Å². The average molecular weight is 265 g/mol. The Morgan fingerprint density at radius 1 is 1.56 bits per heavy atom. The molecule has 0 spiro atoms. The van der Waals surface area contributed by atoms with E-state index < -0.39 is 0 Å². The van der Waals surface area contributed by atoms with Gasteiger partial charge in [-0.25, -0.2) is 9.97 Å². The summed E-state index contributed by atoms with van der Waals surface area (Å²) >= 11 is 1.62. The number of hydrogen-bond donors (Lipinski definition) is 1. The lowest BCUT2D eigenvalue weighted by Crippen LogP contribution is -2.41. The van der Waals surface area contributed by atoms with Crippen LogP contribution in [0.4, 0.5) is 0 Å². The number of morpholine rings is 1. The fourth-order valence-corrected chi connectivity index (χ4v) is 2.89. The van der Waals surface area contributed by atoms with Crippen LogP contribution < -0.4 is 10.1 Å². The average Bonchev–Trinajstić information content (AvgIpc) is 2.80. The zero-order valence-corrected chi connectivity index (χ0v) is 11.0. The summed E-state index contributed by atoms with van der Waals surface area (Å²) in [5, 5.41) is 5.35. The van der Waals surface area contributed by atoms with Crippen molar-refractivity contribution in [3.05, 3.63) is 17.3 Å². The Bertz CT molecular complexity index is 537. The van der Waals surface area contributed by atoms with Gasteiger partial charge >= 0.3 is 0 Å². The molecule has 0 aromatic carbocycles. The number of rotatable bonds is 3. The van der Waals surface area contributed by atoms with Crippen molar-refractivity contribution in [2.45, 2.75) is 13.0 Å². The number of aromatic nitrogens is 2. The van der Waals surface area contributed by atoms with Gasteiger partial charge in [0.15, 0.2) is 0 Å². The molecule has 1 atom stereocenters. The number of ether oxygens (including phenoxy) is 2. The second kappa shape index (κ2) is 5.17. The molecule has 18 heavy (non-hydrogen) atoms. The van der Waals surface area contributed by atoms with Gasteiger partial charge < -0.3 is 14.8 Å². The Hall–Kier alpha value is -1.24. The standard InChI is InChI=1S/C12H15N3O2S/c1-8-6-18-11-10(8)14-7-15-12(11)17-5-9-4-13-2-3-16-9/h6-7,9,13H,2-5H2,1H3. The smallest absolute Gasteiger partial charge is 0.234 e. The van der Waals surface area contributed by atoms with E-state index in [1.165, 1.54) is 0 Å². The molecule has 1 unspecified atom stereocenters. The molecule has 6 heteroatoms. The Morgan fingerprint density at radius 3 is 3.33 bits per heavy atom. The summed E-state index contributed by atoms with van der Waals surface area (Å²) in [5.74, 6) is 0.660. The van der Waals surface area contributed by atoms with Crippen molar-refractivity contribution >= 4 is 21.6 Å². The molecule has 1 aliphatic rings. The lowest BCUT2D eigenvalue weighted by Gasteiger charge is -2.23. The molecule has 1 N–H and O–H groups in total. The van der Waals surface area contributed by atoms with Crippen LogP contribution >= 0.6 is 11.3 Å². The maximum atomic E-state index is 5.77. The van der Waals surface area contributed by atoms with Gasteiger partial charge in [0.1, 0.15) is 23.7 Å². The number of nitrogens with zero attached hydrogens (tertiary/aromatic N) is 2. The van der Waals surface area contributed by atoms with Gasteiger partial charge in [-0.1, -0.05) is 0 Å². The highest BCUT2D eigenvalue weighted by Gasteiger charge is 2.16. The van der Waals surface area contributed by atoms with Gasteiger partial charge in [-0.05, 0) is 17.9 Å². The van der Waals surface area contributed by atoms with E-state index in [4.69, 9.17) is 9.47 Å². The van der Waals surface area contributed by atoms with Gasteiger partial charge in [0.25, 0.3) is 0 Å². The molecular formula is C12H15N3O2S. The first-order chi connectivity index (χ1) is 8.84. The van der Waals surface area contributed by atoms with Gasteiger partial charge in [0.05, 0.1) is 12.1 Å². The number of hydrogen-bond acceptors (Lipinski definition) is 6. The number of thiophene rings is 1. The SMILES string of the molecule is Cc1csc2c(OCC3CNCCO3)ncnc12. The van der Waals surface area contributed by atoms with Crippen molar-refractivity contribution in [1.82, 2.24) is 15.3 Å². The predicted octanol–water partition coefficient (Wildman–Crippen LogP) is 1.37. The first-order valence-electron chi connectivity index (χ1n) is 5.98. The first-order valence-corrected chi connectivity index (χ1v) is 6.86. The van der Waals surface area contributed by atoms with Crippen molar-refractivity contribution in [2.24, 2.45) is 0 Å². The molecule has 3 rings (SSSR count). The molecule has 96 valence electrons. The van der Waals surface area contributed by atoms with Gasteiger partial charge in [-0.3, -0.25) is 0 Å². The van der Waals surface area contributed by atoms with Gasteiger partial charge in [0, 0.05) is 13.1 Å². The molecule has 2 aromatic rings. The molecule has 1 fully saturated rings. The summed E-state index contributed by atoms with van der Waals surface area (Å²) in [7, 11) is 0. The lowest BCUT2D eigenvalue weighted by molar-refractivity contribution is -0.000370. The third-order valence-electron chi connectivity index (χ3n) is 2.91. The quantitative estimate of drug-likeness (QED) is 0.908. The molecule has 0 bridgehead atoms. The van der Waals surface area contributed by atoms with Gasteiger partial charge in [-0.15, -0.1) is 11.3 Å². The molecular weight excluding hydrogens is 250 g/mol. The van der Waals surface area contributed by atoms with Crippen LogP contribution in [-0.4, -0.2) is 42.4 Å². The van der Waals surface area contributed by atoms with Crippen LogP contribution in [0.25, 0.3) is 10.2 Å². The number of fused-ring (bicyclic) bond motifs is 1. The van der Waals surface area contributed by atoms with Crippen LogP contribution in [0.3, 0.4) is 0 Å². The molecule has 0 amide bonds. The molecule has 0 aliphatic carbocycles. The number of nitrogens with one attached hydrogen (secondary N) is 1. The van der Waals surface area contributed by atoms with Gasteiger partial charge in [0.2, 0.25) is 5.88 Å². The van der Waals surface area contributed by atoms with Crippen molar-refractivity contribution in [3.63, 3.8) is 0 Å². The van der Waals surface area contributed by atoms with E-state index in [0.717, 1.165) is 35.5 Å². The third kappa shape index (κ3) is 2.31. The monoisotopic (exact) mass is 265 g/mol. The first kappa shape index (κ1) is 11.8. The molecule has 2 aromatic heterocycles. The zero-order valence-electron chi connectivity index (χ0n) is 10.2. The van der Waals surface area contributed by atoms with Crippen LogP contribution in [-0.2, 0) is 4.74 Å². The Kier molecular flexibility index (Phi) is 3.40. The second-order valence-corrected chi connectivity index (χ2v) is 5.16. The maximum Gasteiger partial charge on any atom is 0.234 e. The Balaban J connectivity index is 1.74. The van der Waals surface area contributed by atoms with Crippen molar-refractivity contribution < 1.29 is 9.47 Å². The second-order valence-electron chi connectivity index (χ2n) is 4.28. The zero-order chi connectivity index (χ0) is 12.4. The Labute approximate surface area is 109 Å². The number of aryl methyl sites for hydroxylation is 1. The summed E-state index contributed by atoms with van der Waals surface area (Å²) in [6.45, 7) is 5.06. The summed E-state index contributed by atoms with van der Waals surface area (Å²) in [5.41, 5.74) is 2.14. The summed E-state index contributed by atoms with van der Waals surface area (Å²) in [6.07, 6.45) is 1.65. The minimum absolute atomic E-state index is 0.102. The maximum absolute atomic E-state index is 5.77. The van der Waals surface area contributed by atoms with Gasteiger partial charge in [-0.2, -0.15) is 0 Å². The molecule has 3 heterocycles. The minimum atomic E-state index is 0.102. The Morgan fingerprint density at radius 2 is 2.50 bits per heavy atom. The summed E-state index contributed by atoms with van der Waals surface area (Å²) in [6, 6.07) is 0. The van der Waals surface area contributed by atoms with E-state index in [0.29, 0.717) is 12.5 Å². The van der Waals surface area contributed by atoms with Crippen molar-refractivity contribution in [1.29, 1.82) is 0 Å². The van der Waals surface area contributed by atoms with Crippen LogP contribution in [0.5, 0.6) is 5.88 Å². The third-order valence-corrected chi connectivity index (χ3v) is 3.98. The van der Waals surface area contributed by atoms with E-state index >= 15 is 0 Å². The van der Waals surface area contributed by atoms with Crippen LogP contribution in [0.1, 0.15) is 5.56 Å². The summed E-state index contributed by atoms with van der Waals surface area (Å²) < 4.78 is 12.4. The lowest BCUT2D eigenvalue weighted by atomic mass is 10.3. The van der Waals surface area contributed by atoms with E-state index in [9.17, 15) is 0 Å². The fourth-order valence-electron chi connectivity index (χ4n) is 1.95. The fraction of sp³-hybridized carbons (Fsp3) is 0.500. The van der Waals surface area contributed by atoms with E-state index in [-0.39, 0.29) is 6.10 Å². The van der Waals surface area contributed by atoms with Crippen molar-refractivity contribution in [3.8, 4) is 5.88 Å². The van der Waals surface area contributed by atoms with E-state index in [2.05, 4.69) is 20.7 Å². The highest BCUT2D eigenvalue weighted by atomic mass is 32.1. The molecule has 0 radical (unpaired) electrons. The molecule has 1 saturated heterocycles. The predicted molar refractivity (Wildman–Crippen MR) is 70.3 cm³/mol. The summed E-state index contributed by atoms with van der Waals surface area (Å²) in [4.78, 5) is 8.48. The minimum Gasteiger partial charge on any atom is -0.474 e. The van der Waals surface area contributed by atoms with Crippen LogP contribution in [0.2, 0.25) is 0 Å². The molecule has 0 saturated carbocycles. The topological polar surface area (TPSA) is 56.3 Å². The highest BCUT2D eigenvalue weighted by Crippen LogP contribution is 2.29. The highest BCUT2D eigenvalue weighted by molar-refractivity contribution is 7.17. The van der Waals surface area contributed by atoms with E-state index in [1.54, 1.807) is 17.7 Å². The van der Waals surface area contributed by atoms with Crippen LogP contribution in [0, 0.1) is 6.92 Å². The normalized spacial score (nSPS) is 20.2. The molecule has 5 nitrogen and oxygen atoms in total. The largest absolute Gasteiger partial charge is 0.474 e. The van der Waals surface area contributed by atoms with Crippen LogP contribution in [0.15, 0.2) is 11.7 Å². The van der Waals surface area contributed by atoms with E-state index in [1.807, 2.05) is 6.92 Å². The molecule has 1 aliphatic heterocycles.